The van der Waals surface area contributed by atoms with E-state index in [4.69, 9.17) is 16.2 Å². The van der Waals surface area contributed by atoms with Gasteiger partial charge < -0.3 is 26.1 Å². The summed E-state index contributed by atoms with van der Waals surface area (Å²) >= 11 is 0. The third-order valence-corrected chi connectivity index (χ3v) is 6.91. The Kier molecular flexibility index (Phi) is 6.53. The van der Waals surface area contributed by atoms with Crippen molar-refractivity contribution in [3.63, 3.8) is 0 Å². The third-order valence-electron chi connectivity index (χ3n) is 6.91. The van der Waals surface area contributed by atoms with E-state index in [1.807, 2.05) is 25.3 Å². The molecule has 8 nitrogen and oxygen atoms in total. The minimum absolute atomic E-state index is 0.104. The predicted molar refractivity (Wildman–Crippen MR) is 130 cm³/mol. The van der Waals surface area contributed by atoms with Gasteiger partial charge in [-0.05, 0) is 68.2 Å². The number of aromatic nitrogens is 1. The number of fused-ring (bicyclic) bond motifs is 1. The highest BCUT2D eigenvalue weighted by Crippen LogP contribution is 2.38. The molecule has 0 unspecified atom stereocenters. The molecule has 1 aromatic heterocycles. The molecular formula is C26H34N4O4. The van der Waals surface area contributed by atoms with Crippen molar-refractivity contribution in [1.29, 1.82) is 0 Å². The van der Waals surface area contributed by atoms with Crippen molar-refractivity contribution in [1.82, 2.24) is 4.57 Å². The number of Topliss-reactive ketones (excluding diaryl/α,β-unsaturated/α-hetero) is 1. The number of aryl methyl sites for hydroxylation is 1. The number of nitrogens with zero attached hydrogens (tertiary/aromatic N) is 1. The lowest BCUT2D eigenvalue weighted by Crippen LogP contribution is -2.33. The Morgan fingerprint density at radius 1 is 1.18 bits per heavy atom. The van der Waals surface area contributed by atoms with Crippen molar-refractivity contribution in [3.8, 4) is 5.69 Å². The summed E-state index contributed by atoms with van der Waals surface area (Å²) in [5.41, 5.74) is 15.7. The van der Waals surface area contributed by atoms with Crippen molar-refractivity contribution < 1.29 is 19.1 Å². The van der Waals surface area contributed by atoms with Crippen LogP contribution in [-0.4, -0.2) is 40.9 Å². The van der Waals surface area contributed by atoms with E-state index in [0.717, 1.165) is 54.6 Å². The number of benzene rings is 1. The monoisotopic (exact) mass is 466 g/mol. The number of carbonyl (C=O) groups is 3. The van der Waals surface area contributed by atoms with Crippen molar-refractivity contribution >= 4 is 23.3 Å². The molecule has 5 N–H and O–H groups in total. The number of primary amides is 1. The largest absolute Gasteiger partial charge is 0.461 e. The molecule has 1 saturated carbocycles. The molecule has 2 aliphatic rings. The van der Waals surface area contributed by atoms with Crippen molar-refractivity contribution in [3.05, 3.63) is 46.8 Å². The standard InChI is InChI=1S/C26H34N4O4/c1-15-14-30(21-11-26(2,3)12-22(31)24(15)21)17-6-9-19(25(28)33)20(10-17)29-16-4-7-18(8-5-16)34-23(32)13-27/h6,9-10,14,16,18,29H,4-5,7-8,11-13,27H2,1-3H3,(H2,28,33)/t16-,18-. The number of amides is 1. The van der Waals surface area contributed by atoms with Crippen LogP contribution in [0.2, 0.25) is 0 Å². The molecule has 1 amide bonds. The van der Waals surface area contributed by atoms with Crippen molar-refractivity contribution in [2.45, 2.75) is 71.4 Å². The van der Waals surface area contributed by atoms with E-state index in [9.17, 15) is 14.4 Å². The Morgan fingerprint density at radius 3 is 2.53 bits per heavy atom. The Balaban J connectivity index is 1.60. The Morgan fingerprint density at radius 2 is 1.88 bits per heavy atom. The number of ether oxygens (including phenoxy) is 1. The fourth-order valence-corrected chi connectivity index (χ4v) is 5.30. The zero-order chi connectivity index (χ0) is 24.6. The minimum Gasteiger partial charge on any atom is -0.461 e. The summed E-state index contributed by atoms with van der Waals surface area (Å²) in [7, 11) is 0. The molecule has 0 aliphatic heterocycles. The molecule has 1 fully saturated rings. The second-order valence-corrected chi connectivity index (χ2v) is 10.4. The summed E-state index contributed by atoms with van der Waals surface area (Å²) in [6.07, 6.45) is 6.29. The fourth-order valence-electron chi connectivity index (χ4n) is 5.30. The molecule has 2 aliphatic carbocycles. The van der Waals surface area contributed by atoms with Gasteiger partial charge in [0.2, 0.25) is 0 Å². The van der Waals surface area contributed by atoms with Crippen LogP contribution >= 0.6 is 0 Å². The van der Waals surface area contributed by atoms with Crippen LogP contribution < -0.4 is 16.8 Å². The first-order valence-corrected chi connectivity index (χ1v) is 11.9. The average molecular weight is 467 g/mol. The molecule has 1 aromatic carbocycles. The van der Waals surface area contributed by atoms with E-state index in [-0.39, 0.29) is 35.9 Å². The molecule has 34 heavy (non-hydrogen) atoms. The van der Waals surface area contributed by atoms with Gasteiger partial charge in [0.15, 0.2) is 5.78 Å². The highest BCUT2D eigenvalue weighted by atomic mass is 16.5. The van der Waals surface area contributed by atoms with Gasteiger partial charge in [0.05, 0.1) is 12.1 Å². The first kappa shape index (κ1) is 24.0. The van der Waals surface area contributed by atoms with Gasteiger partial charge in [-0.1, -0.05) is 13.8 Å². The smallest absolute Gasteiger partial charge is 0.319 e. The number of nitrogens with two attached hydrogens (primary N) is 2. The van der Waals surface area contributed by atoms with Crippen LogP contribution in [0.5, 0.6) is 0 Å². The number of nitrogens with one attached hydrogen (secondary N) is 1. The molecule has 0 spiro atoms. The van der Waals surface area contributed by atoms with Gasteiger partial charge in [0.1, 0.15) is 6.10 Å². The molecule has 0 radical (unpaired) electrons. The average Bonchev–Trinajstić information content (AvgIpc) is 3.09. The quantitative estimate of drug-likeness (QED) is 0.560. The zero-order valence-electron chi connectivity index (χ0n) is 20.1. The van der Waals surface area contributed by atoms with Crippen LogP contribution in [0, 0.1) is 12.3 Å². The summed E-state index contributed by atoms with van der Waals surface area (Å²) in [5.74, 6) is -0.699. The predicted octanol–water partition coefficient (Wildman–Crippen LogP) is 3.26. The molecule has 0 bridgehead atoms. The minimum atomic E-state index is -0.498. The summed E-state index contributed by atoms with van der Waals surface area (Å²) in [6, 6.07) is 5.68. The summed E-state index contributed by atoms with van der Waals surface area (Å²) in [4.78, 5) is 36.4. The number of rotatable bonds is 6. The van der Waals surface area contributed by atoms with Crippen LogP contribution in [0.4, 0.5) is 5.69 Å². The van der Waals surface area contributed by atoms with E-state index in [2.05, 4.69) is 23.7 Å². The van der Waals surface area contributed by atoms with Crippen LogP contribution in [0.3, 0.4) is 0 Å². The van der Waals surface area contributed by atoms with Gasteiger partial charge in [-0.3, -0.25) is 14.4 Å². The number of carbonyl (C=O) groups excluding carboxylic acids is 3. The summed E-state index contributed by atoms with van der Waals surface area (Å²) in [5, 5.41) is 3.49. The van der Waals surface area contributed by atoms with Crippen molar-refractivity contribution in [2.75, 3.05) is 11.9 Å². The lowest BCUT2D eigenvalue weighted by Gasteiger charge is -2.31. The van der Waals surface area contributed by atoms with E-state index < -0.39 is 5.91 Å². The van der Waals surface area contributed by atoms with E-state index >= 15 is 0 Å². The van der Waals surface area contributed by atoms with Gasteiger partial charge in [-0.25, -0.2) is 0 Å². The fraction of sp³-hybridized carbons (Fsp3) is 0.500. The van der Waals surface area contributed by atoms with Crippen LogP contribution in [0.25, 0.3) is 5.69 Å². The second kappa shape index (κ2) is 9.25. The maximum atomic E-state index is 12.8. The molecule has 8 heteroatoms. The van der Waals surface area contributed by atoms with Gasteiger partial charge in [0.25, 0.3) is 5.91 Å². The van der Waals surface area contributed by atoms with Crippen molar-refractivity contribution in [2.24, 2.45) is 16.9 Å². The van der Waals surface area contributed by atoms with Crippen LogP contribution in [0.1, 0.15) is 77.9 Å². The number of esters is 1. The number of hydrogen-bond acceptors (Lipinski definition) is 6. The van der Waals surface area contributed by atoms with Crippen LogP contribution in [0.15, 0.2) is 24.4 Å². The zero-order valence-corrected chi connectivity index (χ0v) is 20.1. The molecular weight excluding hydrogens is 432 g/mol. The number of hydrogen-bond donors (Lipinski definition) is 3. The topological polar surface area (TPSA) is 129 Å². The van der Waals surface area contributed by atoms with Gasteiger partial charge in [-0.15, -0.1) is 0 Å². The normalized spacial score (nSPS) is 21.6. The highest BCUT2D eigenvalue weighted by Gasteiger charge is 2.35. The Hall–Kier alpha value is -3.13. The maximum absolute atomic E-state index is 12.8. The number of ketones is 1. The molecule has 0 atom stereocenters. The Labute approximate surface area is 200 Å². The van der Waals surface area contributed by atoms with E-state index in [0.29, 0.717) is 17.7 Å². The van der Waals surface area contributed by atoms with Gasteiger partial charge in [-0.2, -0.15) is 0 Å². The Bertz CT molecular complexity index is 1130. The first-order chi connectivity index (χ1) is 16.1. The SMILES string of the molecule is Cc1cn(-c2ccc(C(N)=O)c(N[C@H]3CC[C@H](OC(=O)CN)CC3)c2)c2c1C(=O)CC(C)(C)C2. The molecule has 0 saturated heterocycles. The number of anilines is 1. The van der Waals surface area contributed by atoms with Gasteiger partial charge >= 0.3 is 5.97 Å². The summed E-state index contributed by atoms with van der Waals surface area (Å²) in [6.45, 7) is 6.09. The lowest BCUT2D eigenvalue weighted by atomic mass is 9.75. The molecule has 1 heterocycles. The lowest BCUT2D eigenvalue weighted by molar-refractivity contribution is -0.148. The van der Waals surface area contributed by atoms with Gasteiger partial charge in [0, 0.05) is 41.3 Å². The molecule has 2 aromatic rings. The maximum Gasteiger partial charge on any atom is 0.319 e. The molecule has 182 valence electrons. The second-order valence-electron chi connectivity index (χ2n) is 10.4. The highest BCUT2D eigenvalue weighted by molar-refractivity contribution is 6.01. The molecule has 4 rings (SSSR count). The first-order valence-electron chi connectivity index (χ1n) is 11.9. The van der Waals surface area contributed by atoms with E-state index in [1.165, 1.54) is 0 Å². The van der Waals surface area contributed by atoms with E-state index in [1.54, 1.807) is 6.07 Å². The van der Waals surface area contributed by atoms with Crippen LogP contribution in [-0.2, 0) is 16.0 Å². The third kappa shape index (κ3) is 4.87. The summed E-state index contributed by atoms with van der Waals surface area (Å²) < 4.78 is 7.43.